The highest BCUT2D eigenvalue weighted by Crippen LogP contribution is 2.30. The van der Waals surface area contributed by atoms with Crippen molar-refractivity contribution in [3.63, 3.8) is 0 Å². The van der Waals surface area contributed by atoms with Gasteiger partial charge in [-0.1, -0.05) is 13.0 Å². The third-order valence-corrected chi connectivity index (χ3v) is 4.66. The van der Waals surface area contributed by atoms with E-state index in [9.17, 15) is 4.79 Å². The van der Waals surface area contributed by atoms with Crippen molar-refractivity contribution >= 4 is 17.3 Å². The molecule has 3 aromatic rings. The van der Waals surface area contributed by atoms with Gasteiger partial charge in [0.25, 0.3) is 0 Å². The van der Waals surface area contributed by atoms with E-state index in [1.807, 2.05) is 31.2 Å². The maximum atomic E-state index is 11.6. The van der Waals surface area contributed by atoms with Gasteiger partial charge in [-0.3, -0.25) is 15.2 Å². The number of anilines is 1. The summed E-state index contributed by atoms with van der Waals surface area (Å²) in [4.78, 5) is 16.0. The van der Waals surface area contributed by atoms with Crippen LogP contribution in [0.3, 0.4) is 0 Å². The van der Waals surface area contributed by atoms with Gasteiger partial charge in [0.2, 0.25) is 5.91 Å². The molecular formula is C23H21N5O2. The number of amides is 1. The third-order valence-electron chi connectivity index (χ3n) is 4.66. The van der Waals surface area contributed by atoms with Crippen LogP contribution in [-0.4, -0.2) is 23.7 Å². The lowest BCUT2D eigenvalue weighted by Crippen LogP contribution is -2.13. The Kier molecular flexibility index (Phi) is 6.08. The normalized spacial score (nSPS) is 10.2. The standard InChI is InChI=1S/C23H21N5O2/c1-3-14-10-15(4-6-18(14)23(26)29)21-11-17(8-9-28-21)30-16-5-7-19(20(25)13-24)22(12-16)27-2/h4-12,25,27H,3H2,1-2H3,(H2,26,29). The first kappa shape index (κ1) is 20.6. The first-order valence-electron chi connectivity index (χ1n) is 9.34. The number of carbonyl (C=O) groups excluding carboxylic acids is 1. The van der Waals surface area contributed by atoms with Gasteiger partial charge in [0.1, 0.15) is 23.3 Å². The van der Waals surface area contributed by atoms with E-state index in [1.165, 1.54) is 0 Å². The maximum Gasteiger partial charge on any atom is 0.248 e. The number of carbonyl (C=O) groups is 1. The molecule has 0 aliphatic carbocycles. The minimum atomic E-state index is -0.447. The zero-order valence-corrected chi connectivity index (χ0v) is 16.7. The van der Waals surface area contributed by atoms with Gasteiger partial charge in [-0.05, 0) is 42.3 Å². The van der Waals surface area contributed by atoms with Crippen LogP contribution >= 0.6 is 0 Å². The molecule has 0 saturated carbocycles. The molecule has 30 heavy (non-hydrogen) atoms. The molecule has 1 aromatic heterocycles. The number of pyridine rings is 1. The van der Waals surface area contributed by atoms with E-state index in [0.717, 1.165) is 11.1 Å². The fourth-order valence-electron chi connectivity index (χ4n) is 3.13. The van der Waals surface area contributed by atoms with Crippen LogP contribution in [0.25, 0.3) is 11.3 Å². The number of aromatic nitrogens is 1. The summed E-state index contributed by atoms with van der Waals surface area (Å²) in [7, 11) is 1.72. The monoisotopic (exact) mass is 399 g/mol. The second kappa shape index (κ2) is 8.88. The number of hydrogen-bond donors (Lipinski definition) is 3. The Hall–Kier alpha value is -4.18. The number of rotatable bonds is 7. The van der Waals surface area contributed by atoms with Gasteiger partial charge >= 0.3 is 0 Å². The van der Waals surface area contributed by atoms with Crippen molar-refractivity contribution < 1.29 is 9.53 Å². The second-order valence-corrected chi connectivity index (χ2v) is 6.51. The minimum Gasteiger partial charge on any atom is -0.457 e. The topological polar surface area (TPSA) is 125 Å². The highest BCUT2D eigenvalue weighted by Gasteiger charge is 2.11. The molecule has 0 radical (unpaired) electrons. The van der Waals surface area contributed by atoms with Crippen molar-refractivity contribution in [3.8, 4) is 28.8 Å². The summed E-state index contributed by atoms with van der Waals surface area (Å²) in [6, 6.07) is 15.9. The Bertz CT molecular complexity index is 1160. The Morgan fingerprint density at radius 3 is 2.57 bits per heavy atom. The molecule has 0 aliphatic rings. The SMILES string of the molecule is CCc1cc(-c2cc(Oc3ccc(C(=N)C#N)c(NC)c3)ccn2)ccc1C(N)=O. The largest absolute Gasteiger partial charge is 0.457 e. The molecule has 7 heteroatoms. The molecule has 0 saturated heterocycles. The zero-order chi connectivity index (χ0) is 21.7. The van der Waals surface area contributed by atoms with E-state index in [-0.39, 0.29) is 5.71 Å². The molecule has 3 rings (SSSR count). The van der Waals surface area contributed by atoms with Crippen LogP contribution in [0.1, 0.15) is 28.4 Å². The third kappa shape index (κ3) is 4.28. The molecule has 150 valence electrons. The average molecular weight is 399 g/mol. The molecule has 7 nitrogen and oxygen atoms in total. The molecule has 1 amide bonds. The number of nitrogens with two attached hydrogens (primary N) is 1. The molecule has 2 aromatic carbocycles. The molecular weight excluding hydrogens is 378 g/mol. The van der Waals surface area contributed by atoms with Crippen molar-refractivity contribution in [2.24, 2.45) is 5.73 Å². The summed E-state index contributed by atoms with van der Waals surface area (Å²) >= 11 is 0. The second-order valence-electron chi connectivity index (χ2n) is 6.51. The number of benzene rings is 2. The quantitative estimate of drug-likeness (QED) is 0.515. The number of nitrogens with zero attached hydrogens (tertiary/aromatic N) is 2. The zero-order valence-electron chi connectivity index (χ0n) is 16.7. The summed E-state index contributed by atoms with van der Waals surface area (Å²) in [5.74, 6) is 0.697. The van der Waals surface area contributed by atoms with Crippen molar-refractivity contribution in [1.82, 2.24) is 4.98 Å². The number of nitriles is 1. The summed E-state index contributed by atoms with van der Waals surface area (Å²) in [5, 5.41) is 19.7. The van der Waals surface area contributed by atoms with Crippen LogP contribution in [0.15, 0.2) is 54.7 Å². The summed E-state index contributed by atoms with van der Waals surface area (Å²) in [6.45, 7) is 1.97. The van der Waals surface area contributed by atoms with Gasteiger partial charge in [0, 0.05) is 47.8 Å². The van der Waals surface area contributed by atoms with E-state index < -0.39 is 5.91 Å². The molecule has 0 aliphatic heterocycles. The predicted molar refractivity (Wildman–Crippen MR) is 116 cm³/mol. The fourth-order valence-corrected chi connectivity index (χ4v) is 3.13. The smallest absolute Gasteiger partial charge is 0.248 e. The van der Waals surface area contributed by atoms with E-state index in [0.29, 0.717) is 40.4 Å². The summed E-state index contributed by atoms with van der Waals surface area (Å²) in [6.07, 6.45) is 2.33. The lowest BCUT2D eigenvalue weighted by Gasteiger charge is -2.12. The van der Waals surface area contributed by atoms with Crippen LogP contribution in [0, 0.1) is 16.7 Å². The number of nitrogens with one attached hydrogen (secondary N) is 2. The van der Waals surface area contributed by atoms with Crippen LogP contribution in [0.5, 0.6) is 11.5 Å². The fraction of sp³-hybridized carbons (Fsp3) is 0.130. The van der Waals surface area contributed by atoms with E-state index in [1.54, 1.807) is 43.6 Å². The Labute approximate surface area is 174 Å². The van der Waals surface area contributed by atoms with Crippen LogP contribution in [0.4, 0.5) is 5.69 Å². The van der Waals surface area contributed by atoms with Crippen molar-refractivity contribution in [1.29, 1.82) is 10.7 Å². The van der Waals surface area contributed by atoms with Gasteiger partial charge in [0.05, 0.1) is 5.69 Å². The number of primary amides is 1. The minimum absolute atomic E-state index is 0.122. The lowest BCUT2D eigenvalue weighted by atomic mass is 9.99. The first-order valence-corrected chi connectivity index (χ1v) is 9.34. The average Bonchev–Trinajstić information content (AvgIpc) is 2.78. The van der Waals surface area contributed by atoms with Crippen LogP contribution < -0.4 is 15.8 Å². The van der Waals surface area contributed by atoms with Crippen molar-refractivity contribution in [3.05, 3.63) is 71.4 Å². The molecule has 0 bridgehead atoms. The maximum absolute atomic E-state index is 11.6. The van der Waals surface area contributed by atoms with Gasteiger partial charge in [-0.15, -0.1) is 0 Å². The highest BCUT2D eigenvalue weighted by atomic mass is 16.5. The van der Waals surface area contributed by atoms with Crippen LogP contribution in [0.2, 0.25) is 0 Å². The molecule has 1 heterocycles. The summed E-state index contributed by atoms with van der Waals surface area (Å²) in [5.41, 5.74) is 9.38. The number of hydrogen-bond acceptors (Lipinski definition) is 6. The van der Waals surface area contributed by atoms with E-state index in [4.69, 9.17) is 21.1 Å². The van der Waals surface area contributed by atoms with Crippen molar-refractivity contribution in [2.45, 2.75) is 13.3 Å². The predicted octanol–water partition coefficient (Wildman–Crippen LogP) is 4.14. The lowest BCUT2D eigenvalue weighted by molar-refractivity contribution is 0.0999. The molecule has 4 N–H and O–H groups in total. The summed E-state index contributed by atoms with van der Waals surface area (Å²) < 4.78 is 5.96. The molecule has 0 atom stereocenters. The van der Waals surface area contributed by atoms with Gasteiger partial charge in [-0.2, -0.15) is 5.26 Å². The Balaban J connectivity index is 1.91. The van der Waals surface area contributed by atoms with Crippen LogP contribution in [-0.2, 0) is 6.42 Å². The van der Waals surface area contributed by atoms with Gasteiger partial charge in [-0.25, -0.2) is 0 Å². The van der Waals surface area contributed by atoms with E-state index >= 15 is 0 Å². The van der Waals surface area contributed by atoms with Gasteiger partial charge < -0.3 is 15.8 Å². The number of ether oxygens (including phenoxy) is 1. The van der Waals surface area contributed by atoms with Crippen molar-refractivity contribution in [2.75, 3.05) is 12.4 Å². The molecule has 0 spiro atoms. The Morgan fingerprint density at radius 1 is 1.17 bits per heavy atom. The van der Waals surface area contributed by atoms with E-state index in [2.05, 4.69) is 10.3 Å². The Morgan fingerprint density at radius 2 is 1.90 bits per heavy atom. The van der Waals surface area contributed by atoms with Gasteiger partial charge in [0.15, 0.2) is 0 Å². The highest BCUT2D eigenvalue weighted by molar-refractivity contribution is 6.13. The molecule has 0 unspecified atom stereocenters. The molecule has 0 fully saturated rings. The number of aryl methyl sites for hydroxylation is 1. The first-order chi connectivity index (χ1) is 14.5.